The lowest BCUT2D eigenvalue weighted by molar-refractivity contribution is 0.102. The summed E-state index contributed by atoms with van der Waals surface area (Å²) >= 11 is 0. The molecule has 0 fully saturated rings. The zero-order chi connectivity index (χ0) is 13.4. The van der Waals surface area contributed by atoms with E-state index in [1.54, 1.807) is 12.1 Å². The third kappa shape index (κ3) is 4.06. The van der Waals surface area contributed by atoms with Gasteiger partial charge in [0.2, 0.25) is 0 Å². The molecule has 1 N–H and O–H groups in total. The summed E-state index contributed by atoms with van der Waals surface area (Å²) in [5, 5.41) is 2.85. The number of nitrogens with one attached hydrogen (secondary N) is 1. The van der Waals surface area contributed by atoms with Gasteiger partial charge >= 0.3 is 0 Å². The fourth-order valence-corrected chi connectivity index (χ4v) is 1.43. The van der Waals surface area contributed by atoms with E-state index in [1.807, 2.05) is 63.2 Å². The van der Waals surface area contributed by atoms with Gasteiger partial charge in [0.1, 0.15) is 0 Å². The van der Waals surface area contributed by atoms with E-state index in [2.05, 4.69) is 5.32 Å². The third-order valence-electron chi connectivity index (χ3n) is 2.35. The zero-order valence-electron chi connectivity index (χ0n) is 11.1. The van der Waals surface area contributed by atoms with E-state index in [1.165, 1.54) is 5.56 Å². The average Bonchev–Trinajstić information content (AvgIpc) is 2.44. The first kappa shape index (κ1) is 14.0. The molecule has 0 aromatic heterocycles. The predicted octanol–water partition coefficient (Wildman–Crippen LogP) is 4.27. The van der Waals surface area contributed by atoms with Crippen molar-refractivity contribution in [3.05, 3.63) is 65.7 Å². The Morgan fingerprint density at radius 2 is 1.44 bits per heavy atom. The summed E-state index contributed by atoms with van der Waals surface area (Å²) in [6.07, 6.45) is 0. The van der Waals surface area contributed by atoms with Crippen molar-refractivity contribution in [3.63, 3.8) is 0 Å². The quantitative estimate of drug-likeness (QED) is 0.835. The van der Waals surface area contributed by atoms with Crippen molar-refractivity contribution >= 4 is 11.6 Å². The summed E-state index contributed by atoms with van der Waals surface area (Å²) in [5.74, 6) is -0.0792. The largest absolute Gasteiger partial charge is 0.322 e. The Morgan fingerprint density at radius 3 is 2.00 bits per heavy atom. The van der Waals surface area contributed by atoms with Crippen LogP contribution in [0.25, 0.3) is 0 Å². The van der Waals surface area contributed by atoms with Crippen molar-refractivity contribution < 1.29 is 4.79 Å². The molecule has 0 bridgehead atoms. The lowest BCUT2D eigenvalue weighted by atomic mass is 10.2. The van der Waals surface area contributed by atoms with Gasteiger partial charge in [-0.3, -0.25) is 4.79 Å². The summed E-state index contributed by atoms with van der Waals surface area (Å²) in [7, 11) is 0. The molecule has 0 spiro atoms. The summed E-state index contributed by atoms with van der Waals surface area (Å²) in [4.78, 5) is 11.8. The highest BCUT2D eigenvalue weighted by molar-refractivity contribution is 6.04. The minimum atomic E-state index is -0.0792. The molecular formula is C16H19NO. The second-order valence-electron chi connectivity index (χ2n) is 3.69. The molecule has 0 radical (unpaired) electrons. The normalized spacial score (nSPS) is 9.06. The highest BCUT2D eigenvalue weighted by atomic mass is 16.1. The number of amides is 1. The first-order valence-corrected chi connectivity index (χ1v) is 6.19. The van der Waals surface area contributed by atoms with Crippen LogP contribution in [0.15, 0.2) is 54.6 Å². The lowest BCUT2D eigenvalue weighted by Gasteiger charge is -2.05. The molecule has 2 aromatic rings. The van der Waals surface area contributed by atoms with Gasteiger partial charge in [-0.2, -0.15) is 0 Å². The molecule has 1 amide bonds. The van der Waals surface area contributed by atoms with E-state index in [0.717, 1.165) is 5.69 Å². The Morgan fingerprint density at radius 1 is 0.889 bits per heavy atom. The fourth-order valence-electron chi connectivity index (χ4n) is 1.43. The van der Waals surface area contributed by atoms with Crippen LogP contribution in [0.5, 0.6) is 0 Å². The molecule has 0 saturated carbocycles. The van der Waals surface area contributed by atoms with Crippen molar-refractivity contribution in [2.24, 2.45) is 0 Å². The van der Waals surface area contributed by atoms with Gasteiger partial charge in [0, 0.05) is 11.3 Å². The Labute approximate surface area is 109 Å². The van der Waals surface area contributed by atoms with Crippen LogP contribution in [-0.2, 0) is 0 Å². The van der Waals surface area contributed by atoms with Crippen molar-refractivity contribution in [3.8, 4) is 0 Å². The van der Waals surface area contributed by atoms with Gasteiger partial charge in [0.05, 0.1) is 0 Å². The molecule has 0 aliphatic carbocycles. The number of carbonyl (C=O) groups excluding carboxylic acids is 1. The zero-order valence-corrected chi connectivity index (χ0v) is 11.1. The van der Waals surface area contributed by atoms with Crippen LogP contribution < -0.4 is 5.32 Å². The highest BCUT2D eigenvalue weighted by Crippen LogP contribution is 2.10. The molecule has 0 atom stereocenters. The first-order chi connectivity index (χ1) is 8.75. The van der Waals surface area contributed by atoms with Gasteiger partial charge in [-0.05, 0) is 31.2 Å². The maximum atomic E-state index is 11.8. The number of aryl methyl sites for hydroxylation is 1. The number of anilines is 1. The van der Waals surface area contributed by atoms with Crippen LogP contribution in [0.3, 0.4) is 0 Å². The van der Waals surface area contributed by atoms with Crippen LogP contribution in [0.4, 0.5) is 5.69 Å². The van der Waals surface area contributed by atoms with E-state index < -0.39 is 0 Å². The molecule has 2 heteroatoms. The monoisotopic (exact) mass is 241 g/mol. The van der Waals surface area contributed by atoms with Crippen LogP contribution in [0.1, 0.15) is 29.8 Å². The van der Waals surface area contributed by atoms with Crippen LogP contribution in [-0.4, -0.2) is 5.91 Å². The van der Waals surface area contributed by atoms with Crippen molar-refractivity contribution in [2.45, 2.75) is 20.8 Å². The fraction of sp³-hybridized carbons (Fsp3) is 0.188. The molecular weight excluding hydrogens is 222 g/mol. The summed E-state index contributed by atoms with van der Waals surface area (Å²) < 4.78 is 0. The van der Waals surface area contributed by atoms with Crippen LogP contribution >= 0.6 is 0 Å². The summed E-state index contributed by atoms with van der Waals surface area (Å²) in [6, 6.07) is 16.9. The van der Waals surface area contributed by atoms with Crippen LogP contribution in [0.2, 0.25) is 0 Å². The molecule has 0 saturated heterocycles. The van der Waals surface area contributed by atoms with Gasteiger partial charge in [-0.25, -0.2) is 0 Å². The Bertz CT molecular complexity index is 474. The van der Waals surface area contributed by atoms with E-state index in [9.17, 15) is 4.79 Å². The van der Waals surface area contributed by atoms with Gasteiger partial charge in [-0.1, -0.05) is 49.7 Å². The minimum Gasteiger partial charge on any atom is -0.322 e. The van der Waals surface area contributed by atoms with E-state index in [4.69, 9.17) is 0 Å². The SMILES string of the molecule is CC.Cc1ccc(NC(=O)c2ccccc2)cc1. The lowest BCUT2D eigenvalue weighted by Crippen LogP contribution is -2.11. The van der Waals surface area contributed by atoms with Crippen molar-refractivity contribution in [1.29, 1.82) is 0 Å². The molecule has 0 aliphatic rings. The number of hydrogen-bond donors (Lipinski definition) is 1. The minimum absolute atomic E-state index is 0.0792. The van der Waals surface area contributed by atoms with Crippen LogP contribution in [0, 0.1) is 6.92 Å². The molecule has 18 heavy (non-hydrogen) atoms. The molecule has 0 heterocycles. The maximum absolute atomic E-state index is 11.8. The summed E-state index contributed by atoms with van der Waals surface area (Å²) in [6.45, 7) is 6.02. The summed E-state index contributed by atoms with van der Waals surface area (Å²) in [5.41, 5.74) is 2.67. The van der Waals surface area contributed by atoms with Crippen molar-refractivity contribution in [2.75, 3.05) is 5.32 Å². The number of benzene rings is 2. The second kappa shape index (κ2) is 7.28. The topological polar surface area (TPSA) is 29.1 Å². The maximum Gasteiger partial charge on any atom is 0.255 e. The standard InChI is InChI=1S/C14H13NO.C2H6/c1-11-7-9-13(10-8-11)15-14(16)12-5-3-2-4-6-12;1-2/h2-10H,1H3,(H,15,16);1-2H3. The Hall–Kier alpha value is -2.09. The predicted molar refractivity (Wildman–Crippen MR) is 76.9 cm³/mol. The van der Waals surface area contributed by atoms with Gasteiger partial charge < -0.3 is 5.32 Å². The molecule has 2 nitrogen and oxygen atoms in total. The molecule has 2 rings (SSSR count). The van der Waals surface area contributed by atoms with Crippen molar-refractivity contribution in [1.82, 2.24) is 0 Å². The van der Waals surface area contributed by atoms with Gasteiger partial charge in [0.15, 0.2) is 0 Å². The number of carbonyl (C=O) groups is 1. The molecule has 94 valence electrons. The second-order valence-corrected chi connectivity index (χ2v) is 3.69. The molecule has 0 unspecified atom stereocenters. The number of hydrogen-bond acceptors (Lipinski definition) is 1. The first-order valence-electron chi connectivity index (χ1n) is 6.19. The van der Waals surface area contributed by atoms with E-state index in [0.29, 0.717) is 5.56 Å². The molecule has 0 aliphatic heterocycles. The smallest absolute Gasteiger partial charge is 0.255 e. The third-order valence-corrected chi connectivity index (χ3v) is 2.35. The van der Waals surface area contributed by atoms with Gasteiger partial charge in [-0.15, -0.1) is 0 Å². The highest BCUT2D eigenvalue weighted by Gasteiger charge is 2.03. The van der Waals surface area contributed by atoms with E-state index >= 15 is 0 Å². The van der Waals surface area contributed by atoms with Gasteiger partial charge in [0.25, 0.3) is 5.91 Å². The Balaban J connectivity index is 0.000000771. The molecule has 2 aromatic carbocycles. The van der Waals surface area contributed by atoms with E-state index in [-0.39, 0.29) is 5.91 Å². The average molecular weight is 241 g/mol. The Kier molecular flexibility index (Phi) is 5.65. The number of rotatable bonds is 2.